The number of thioether (sulfide) groups is 1. The molecule has 1 fully saturated rings. The fourth-order valence-electron chi connectivity index (χ4n) is 2.34. The number of benzene rings is 1. The van der Waals surface area contributed by atoms with Crippen molar-refractivity contribution in [3.63, 3.8) is 0 Å². The van der Waals surface area contributed by atoms with Crippen molar-refractivity contribution in [3.05, 3.63) is 33.8 Å². The van der Waals surface area contributed by atoms with E-state index in [1.807, 2.05) is 0 Å². The van der Waals surface area contributed by atoms with Crippen LogP contribution in [0.2, 0.25) is 0 Å². The van der Waals surface area contributed by atoms with E-state index in [0.717, 1.165) is 13.1 Å². The molecule has 2 N–H and O–H groups in total. The minimum atomic E-state index is 0.377. The highest BCUT2D eigenvalue weighted by Gasteiger charge is 2.27. The second-order valence-electron chi connectivity index (χ2n) is 5.45. The van der Waals surface area contributed by atoms with Crippen LogP contribution >= 0.6 is 27.7 Å². The standard InChI is InChI=1S/C14H21BrN2S/c1-14(2)10-17(5-6-18-14)9-12-4-3-11(8-16)7-13(12)15/h3-4,7H,5-6,8-10,16H2,1-2H3. The van der Waals surface area contributed by atoms with Crippen molar-refractivity contribution in [1.82, 2.24) is 4.90 Å². The van der Waals surface area contributed by atoms with Crippen LogP contribution in [0.4, 0.5) is 0 Å². The fourth-order valence-corrected chi connectivity index (χ4v) is 4.06. The smallest absolute Gasteiger partial charge is 0.0245 e. The molecule has 0 saturated carbocycles. The van der Waals surface area contributed by atoms with Gasteiger partial charge in [-0.25, -0.2) is 0 Å². The number of nitrogens with two attached hydrogens (primary N) is 1. The van der Waals surface area contributed by atoms with Gasteiger partial charge in [0.25, 0.3) is 0 Å². The number of rotatable bonds is 3. The van der Waals surface area contributed by atoms with Crippen molar-refractivity contribution < 1.29 is 0 Å². The van der Waals surface area contributed by atoms with Gasteiger partial charge in [-0.3, -0.25) is 4.90 Å². The van der Waals surface area contributed by atoms with Crippen molar-refractivity contribution in [3.8, 4) is 0 Å². The van der Waals surface area contributed by atoms with Crippen LogP contribution in [-0.4, -0.2) is 28.5 Å². The summed E-state index contributed by atoms with van der Waals surface area (Å²) < 4.78 is 1.56. The first-order valence-electron chi connectivity index (χ1n) is 6.34. The van der Waals surface area contributed by atoms with Crippen LogP contribution in [-0.2, 0) is 13.1 Å². The molecule has 2 rings (SSSR count). The SMILES string of the molecule is CC1(C)CN(Cc2ccc(CN)cc2Br)CCS1. The van der Waals surface area contributed by atoms with Crippen molar-refractivity contribution in [1.29, 1.82) is 0 Å². The highest BCUT2D eigenvalue weighted by Crippen LogP contribution is 2.31. The summed E-state index contributed by atoms with van der Waals surface area (Å²) in [4.78, 5) is 2.54. The van der Waals surface area contributed by atoms with E-state index in [1.54, 1.807) is 0 Å². The van der Waals surface area contributed by atoms with E-state index in [4.69, 9.17) is 5.73 Å². The van der Waals surface area contributed by atoms with Crippen LogP contribution in [0, 0.1) is 0 Å². The highest BCUT2D eigenvalue weighted by molar-refractivity contribution is 9.10. The van der Waals surface area contributed by atoms with E-state index in [1.165, 1.54) is 27.9 Å². The first-order valence-corrected chi connectivity index (χ1v) is 8.12. The average molecular weight is 329 g/mol. The average Bonchev–Trinajstić information content (AvgIpc) is 2.30. The third-order valence-electron chi connectivity index (χ3n) is 3.25. The van der Waals surface area contributed by atoms with E-state index in [9.17, 15) is 0 Å². The molecule has 4 heteroatoms. The van der Waals surface area contributed by atoms with Crippen molar-refractivity contribution in [2.24, 2.45) is 5.73 Å². The third-order valence-corrected chi connectivity index (χ3v) is 5.29. The second kappa shape index (κ2) is 5.95. The normalized spacial score (nSPS) is 20.0. The zero-order valence-corrected chi connectivity index (χ0v) is 13.5. The lowest BCUT2D eigenvalue weighted by Gasteiger charge is -2.37. The van der Waals surface area contributed by atoms with Gasteiger partial charge < -0.3 is 5.73 Å². The largest absolute Gasteiger partial charge is 0.326 e. The lowest BCUT2D eigenvalue weighted by molar-refractivity contribution is 0.252. The molecular formula is C14H21BrN2S. The number of halogens is 1. The van der Waals surface area contributed by atoms with Crippen LogP contribution < -0.4 is 5.73 Å². The zero-order valence-electron chi connectivity index (χ0n) is 11.1. The summed E-state index contributed by atoms with van der Waals surface area (Å²) in [5, 5.41) is 0. The Morgan fingerprint density at radius 1 is 1.44 bits per heavy atom. The molecule has 0 aliphatic carbocycles. The van der Waals surface area contributed by atoms with Crippen LogP contribution in [0.5, 0.6) is 0 Å². The zero-order chi connectivity index (χ0) is 13.2. The Morgan fingerprint density at radius 2 is 2.22 bits per heavy atom. The second-order valence-corrected chi connectivity index (χ2v) is 8.11. The highest BCUT2D eigenvalue weighted by atomic mass is 79.9. The molecule has 0 aromatic heterocycles. The predicted molar refractivity (Wildman–Crippen MR) is 83.8 cm³/mol. The van der Waals surface area contributed by atoms with Gasteiger partial charge in [-0.1, -0.05) is 28.1 Å². The minimum Gasteiger partial charge on any atom is -0.326 e. The summed E-state index contributed by atoms with van der Waals surface area (Å²) in [6.07, 6.45) is 0. The van der Waals surface area contributed by atoms with E-state index in [0.29, 0.717) is 11.3 Å². The molecule has 0 bridgehead atoms. The van der Waals surface area contributed by atoms with Crippen LogP contribution in [0.1, 0.15) is 25.0 Å². The van der Waals surface area contributed by atoms with Gasteiger partial charge >= 0.3 is 0 Å². The van der Waals surface area contributed by atoms with Gasteiger partial charge in [-0.2, -0.15) is 11.8 Å². The molecule has 100 valence electrons. The maximum absolute atomic E-state index is 5.65. The molecule has 18 heavy (non-hydrogen) atoms. The van der Waals surface area contributed by atoms with Crippen molar-refractivity contribution in [2.75, 3.05) is 18.8 Å². The number of hydrogen-bond acceptors (Lipinski definition) is 3. The van der Waals surface area contributed by atoms with Gasteiger partial charge in [0, 0.05) is 41.2 Å². The van der Waals surface area contributed by atoms with Gasteiger partial charge in [-0.05, 0) is 31.0 Å². The van der Waals surface area contributed by atoms with E-state index in [2.05, 4.69) is 64.6 Å². The molecule has 0 atom stereocenters. The molecule has 1 heterocycles. The Bertz CT molecular complexity index is 420. The maximum atomic E-state index is 5.65. The van der Waals surface area contributed by atoms with Crippen molar-refractivity contribution in [2.45, 2.75) is 31.7 Å². The first kappa shape index (κ1) is 14.4. The van der Waals surface area contributed by atoms with Crippen LogP contribution in [0.25, 0.3) is 0 Å². The molecular weight excluding hydrogens is 308 g/mol. The molecule has 0 radical (unpaired) electrons. The predicted octanol–water partition coefficient (Wildman–Crippen LogP) is 3.24. The Labute approximate surface area is 122 Å². The summed E-state index contributed by atoms with van der Waals surface area (Å²) >= 11 is 5.73. The lowest BCUT2D eigenvalue weighted by atomic mass is 10.1. The van der Waals surface area contributed by atoms with E-state index < -0.39 is 0 Å². The van der Waals surface area contributed by atoms with Crippen LogP contribution in [0.15, 0.2) is 22.7 Å². The van der Waals surface area contributed by atoms with Crippen molar-refractivity contribution >= 4 is 27.7 Å². The molecule has 1 saturated heterocycles. The lowest BCUT2D eigenvalue weighted by Crippen LogP contribution is -2.42. The fraction of sp³-hybridized carbons (Fsp3) is 0.571. The van der Waals surface area contributed by atoms with E-state index >= 15 is 0 Å². The van der Waals surface area contributed by atoms with Gasteiger partial charge in [0.1, 0.15) is 0 Å². The summed E-state index contributed by atoms with van der Waals surface area (Å²) in [6.45, 7) is 8.62. The summed E-state index contributed by atoms with van der Waals surface area (Å²) in [7, 11) is 0. The summed E-state index contributed by atoms with van der Waals surface area (Å²) in [5.74, 6) is 1.23. The molecule has 0 amide bonds. The molecule has 2 nitrogen and oxygen atoms in total. The molecule has 1 aliphatic heterocycles. The van der Waals surface area contributed by atoms with Gasteiger partial charge in [0.15, 0.2) is 0 Å². The molecule has 1 aromatic carbocycles. The minimum absolute atomic E-state index is 0.377. The van der Waals surface area contributed by atoms with Gasteiger partial charge in [0.2, 0.25) is 0 Å². The topological polar surface area (TPSA) is 29.3 Å². The van der Waals surface area contributed by atoms with Crippen LogP contribution in [0.3, 0.4) is 0 Å². The maximum Gasteiger partial charge on any atom is 0.0245 e. The summed E-state index contributed by atoms with van der Waals surface area (Å²) in [6, 6.07) is 6.46. The first-order chi connectivity index (χ1) is 8.50. The van der Waals surface area contributed by atoms with E-state index in [-0.39, 0.29) is 0 Å². The Kier molecular flexibility index (Phi) is 4.75. The molecule has 1 aromatic rings. The van der Waals surface area contributed by atoms with Gasteiger partial charge in [-0.15, -0.1) is 0 Å². The molecule has 0 unspecified atom stereocenters. The van der Waals surface area contributed by atoms with Gasteiger partial charge in [0.05, 0.1) is 0 Å². The monoisotopic (exact) mass is 328 g/mol. The quantitative estimate of drug-likeness (QED) is 0.923. The third kappa shape index (κ3) is 3.73. The number of hydrogen-bond donors (Lipinski definition) is 1. The Morgan fingerprint density at radius 3 is 2.83 bits per heavy atom. The number of nitrogens with zero attached hydrogens (tertiary/aromatic N) is 1. The molecule has 1 aliphatic rings. The Balaban J connectivity index is 2.05. The Hall–Kier alpha value is -0.0300. The summed E-state index contributed by atoms with van der Waals surface area (Å²) in [5.41, 5.74) is 8.19. The molecule has 0 spiro atoms.